The Morgan fingerprint density at radius 3 is 2.85 bits per heavy atom. The third kappa shape index (κ3) is 1.51. The highest BCUT2D eigenvalue weighted by Crippen LogP contribution is 2.38. The zero-order chi connectivity index (χ0) is 9.42. The number of halogens is 2. The first-order valence-corrected chi connectivity index (χ1v) is 6.47. The molecule has 0 aliphatic rings. The van der Waals surface area contributed by atoms with Crippen molar-refractivity contribution in [3.8, 4) is 5.75 Å². The molecule has 2 rings (SSSR count). The molecule has 13 heavy (non-hydrogen) atoms. The number of aromatic hydroxyl groups is 1. The summed E-state index contributed by atoms with van der Waals surface area (Å²) in [5.41, 5.74) is 1.20. The van der Waals surface area contributed by atoms with E-state index in [1.165, 1.54) is 5.56 Å². The highest BCUT2D eigenvalue weighted by molar-refractivity contribution is 9.10. The smallest absolute Gasteiger partial charge is 0.133 e. The first-order chi connectivity index (χ1) is 6.24. The minimum absolute atomic E-state index is 0.357. The van der Waals surface area contributed by atoms with Crippen LogP contribution >= 0.6 is 43.2 Å². The molecule has 1 aromatic carbocycles. The van der Waals surface area contributed by atoms with Gasteiger partial charge >= 0.3 is 0 Å². The molecule has 0 spiro atoms. The lowest BCUT2D eigenvalue weighted by molar-refractivity contribution is 0.482. The minimum Gasteiger partial charge on any atom is -0.506 e. The predicted molar refractivity (Wildman–Crippen MR) is 63.8 cm³/mol. The van der Waals surface area contributed by atoms with Gasteiger partial charge in [0.1, 0.15) is 5.75 Å². The summed E-state index contributed by atoms with van der Waals surface area (Å²) >= 11 is 8.45. The van der Waals surface area contributed by atoms with Gasteiger partial charge in [-0.1, -0.05) is 22.0 Å². The van der Waals surface area contributed by atoms with Gasteiger partial charge < -0.3 is 5.11 Å². The normalized spacial score (nSPS) is 10.9. The molecule has 4 heteroatoms. The lowest BCUT2D eigenvalue weighted by atomic mass is 10.1. The third-order valence-corrected chi connectivity index (χ3v) is 4.42. The van der Waals surface area contributed by atoms with Gasteiger partial charge in [0.25, 0.3) is 0 Å². The molecule has 0 saturated heterocycles. The van der Waals surface area contributed by atoms with Gasteiger partial charge in [-0.25, -0.2) is 0 Å². The molecule has 1 nitrogen and oxygen atoms in total. The Bertz CT molecular complexity index is 450. The number of phenols is 1. The molecule has 0 bridgehead atoms. The van der Waals surface area contributed by atoms with Crippen molar-refractivity contribution >= 4 is 53.3 Å². The molecule has 1 N–H and O–H groups in total. The van der Waals surface area contributed by atoms with E-state index < -0.39 is 0 Å². The average molecular weight is 322 g/mol. The maximum absolute atomic E-state index is 9.58. The Morgan fingerprint density at radius 2 is 2.15 bits per heavy atom. The van der Waals surface area contributed by atoms with Gasteiger partial charge in [0, 0.05) is 20.6 Å². The van der Waals surface area contributed by atoms with Crippen molar-refractivity contribution in [3.05, 3.63) is 27.5 Å². The SMILES string of the molecule is Oc1ccc(CBr)c2c(Br)csc12. The van der Waals surface area contributed by atoms with E-state index in [1.807, 2.05) is 11.4 Å². The van der Waals surface area contributed by atoms with E-state index in [0.29, 0.717) is 5.75 Å². The molecular weight excluding hydrogens is 316 g/mol. The highest BCUT2D eigenvalue weighted by atomic mass is 79.9. The van der Waals surface area contributed by atoms with Crippen molar-refractivity contribution in [1.29, 1.82) is 0 Å². The summed E-state index contributed by atoms with van der Waals surface area (Å²) in [4.78, 5) is 0. The first-order valence-electron chi connectivity index (χ1n) is 3.67. The number of phenolic OH excluding ortho intramolecular Hbond substituents is 1. The van der Waals surface area contributed by atoms with Crippen LogP contribution in [0.25, 0.3) is 10.1 Å². The van der Waals surface area contributed by atoms with Crippen LogP contribution in [0, 0.1) is 0 Å². The second-order valence-electron chi connectivity index (χ2n) is 2.67. The summed E-state index contributed by atoms with van der Waals surface area (Å²) in [7, 11) is 0. The molecule has 0 saturated carbocycles. The van der Waals surface area contributed by atoms with Crippen LogP contribution in [0.15, 0.2) is 22.0 Å². The Morgan fingerprint density at radius 1 is 1.38 bits per heavy atom. The number of rotatable bonds is 1. The summed E-state index contributed by atoms with van der Waals surface area (Å²) in [6.45, 7) is 0. The van der Waals surface area contributed by atoms with Gasteiger partial charge in [0.2, 0.25) is 0 Å². The second-order valence-corrected chi connectivity index (χ2v) is 4.96. The zero-order valence-electron chi connectivity index (χ0n) is 6.55. The summed E-state index contributed by atoms with van der Waals surface area (Å²) in [5.74, 6) is 0.357. The van der Waals surface area contributed by atoms with Crippen molar-refractivity contribution in [2.45, 2.75) is 5.33 Å². The number of hydrogen-bond acceptors (Lipinski definition) is 2. The van der Waals surface area contributed by atoms with Gasteiger partial charge in [-0.15, -0.1) is 11.3 Å². The maximum atomic E-state index is 9.58. The van der Waals surface area contributed by atoms with Crippen molar-refractivity contribution in [3.63, 3.8) is 0 Å². The molecule has 0 radical (unpaired) electrons. The standard InChI is InChI=1S/C9H6Br2OS/c10-3-5-1-2-7(12)9-8(5)6(11)4-13-9/h1-2,4,12H,3H2. The molecule has 0 unspecified atom stereocenters. The maximum Gasteiger partial charge on any atom is 0.133 e. The largest absolute Gasteiger partial charge is 0.506 e. The van der Waals surface area contributed by atoms with Crippen LogP contribution in [-0.4, -0.2) is 5.11 Å². The molecule has 0 aliphatic carbocycles. The molecule has 0 aliphatic heterocycles. The number of fused-ring (bicyclic) bond motifs is 1. The molecule has 68 valence electrons. The van der Waals surface area contributed by atoms with E-state index in [1.54, 1.807) is 17.4 Å². The fourth-order valence-electron chi connectivity index (χ4n) is 1.27. The predicted octanol–water partition coefficient (Wildman–Crippen LogP) is 4.26. The molecule has 0 fully saturated rings. The summed E-state index contributed by atoms with van der Waals surface area (Å²) < 4.78 is 2.00. The van der Waals surface area contributed by atoms with E-state index in [0.717, 1.165) is 19.9 Å². The van der Waals surface area contributed by atoms with E-state index in [2.05, 4.69) is 31.9 Å². The lowest BCUT2D eigenvalue weighted by Gasteiger charge is -2.00. The molecular formula is C9H6Br2OS. The monoisotopic (exact) mass is 320 g/mol. The number of hydrogen-bond donors (Lipinski definition) is 1. The van der Waals surface area contributed by atoms with Crippen molar-refractivity contribution in [2.75, 3.05) is 0 Å². The Labute approximate surface area is 96.6 Å². The summed E-state index contributed by atoms with van der Waals surface area (Å²) in [6.07, 6.45) is 0. The molecule has 1 aromatic heterocycles. The van der Waals surface area contributed by atoms with Crippen LogP contribution in [-0.2, 0) is 5.33 Å². The van der Waals surface area contributed by atoms with Crippen LogP contribution in [0.5, 0.6) is 5.75 Å². The van der Waals surface area contributed by atoms with E-state index in [9.17, 15) is 5.11 Å². The number of thiophene rings is 1. The van der Waals surface area contributed by atoms with Crippen LogP contribution in [0.2, 0.25) is 0 Å². The fourth-order valence-corrected chi connectivity index (χ4v) is 3.49. The number of alkyl halides is 1. The van der Waals surface area contributed by atoms with Crippen molar-refractivity contribution in [1.82, 2.24) is 0 Å². The Balaban J connectivity index is 2.88. The van der Waals surface area contributed by atoms with E-state index in [-0.39, 0.29) is 0 Å². The van der Waals surface area contributed by atoms with Gasteiger partial charge in [0.05, 0.1) is 4.70 Å². The molecule has 0 amide bonds. The Kier molecular flexibility index (Phi) is 2.62. The number of benzene rings is 1. The van der Waals surface area contributed by atoms with Crippen molar-refractivity contribution < 1.29 is 5.11 Å². The third-order valence-electron chi connectivity index (χ3n) is 1.89. The zero-order valence-corrected chi connectivity index (χ0v) is 10.5. The molecule has 2 aromatic rings. The van der Waals surface area contributed by atoms with Gasteiger partial charge in [-0.2, -0.15) is 0 Å². The highest BCUT2D eigenvalue weighted by Gasteiger charge is 2.09. The van der Waals surface area contributed by atoms with Crippen LogP contribution in [0.4, 0.5) is 0 Å². The topological polar surface area (TPSA) is 20.2 Å². The van der Waals surface area contributed by atoms with Crippen LogP contribution < -0.4 is 0 Å². The second kappa shape index (κ2) is 3.59. The Hall–Kier alpha value is -0.0600. The quantitative estimate of drug-likeness (QED) is 0.778. The molecule has 0 atom stereocenters. The molecule has 1 heterocycles. The summed E-state index contributed by atoms with van der Waals surface area (Å²) in [6, 6.07) is 3.67. The van der Waals surface area contributed by atoms with E-state index >= 15 is 0 Å². The van der Waals surface area contributed by atoms with Gasteiger partial charge in [0.15, 0.2) is 0 Å². The lowest BCUT2D eigenvalue weighted by Crippen LogP contribution is -1.78. The van der Waals surface area contributed by atoms with Gasteiger partial charge in [-0.3, -0.25) is 0 Å². The van der Waals surface area contributed by atoms with Crippen LogP contribution in [0.1, 0.15) is 5.56 Å². The van der Waals surface area contributed by atoms with Gasteiger partial charge in [-0.05, 0) is 27.6 Å². The fraction of sp³-hybridized carbons (Fsp3) is 0.111. The van der Waals surface area contributed by atoms with E-state index in [4.69, 9.17) is 0 Å². The van der Waals surface area contributed by atoms with Crippen molar-refractivity contribution in [2.24, 2.45) is 0 Å². The minimum atomic E-state index is 0.357. The summed E-state index contributed by atoms with van der Waals surface area (Å²) in [5, 5.41) is 13.5. The van der Waals surface area contributed by atoms with Crippen LogP contribution in [0.3, 0.4) is 0 Å². The average Bonchev–Trinajstić information content (AvgIpc) is 2.51. The first kappa shape index (κ1) is 9.49.